The second-order valence-electron chi connectivity index (χ2n) is 3.26. The second kappa shape index (κ2) is 2.83. The predicted octanol–water partition coefficient (Wildman–Crippen LogP) is 1.63. The summed E-state index contributed by atoms with van der Waals surface area (Å²) in [5, 5.41) is 0. The molecule has 1 aromatic heterocycles. The summed E-state index contributed by atoms with van der Waals surface area (Å²) < 4.78 is 13.1. The van der Waals surface area contributed by atoms with E-state index in [9.17, 15) is 4.39 Å². The van der Waals surface area contributed by atoms with Gasteiger partial charge in [0.05, 0.1) is 6.20 Å². The summed E-state index contributed by atoms with van der Waals surface area (Å²) in [6.45, 7) is 0. The van der Waals surface area contributed by atoms with Crippen LogP contribution in [0.5, 0.6) is 0 Å². The standard InChI is InChI=1S/C9H11FN2/c10-8-5-12-4-3-7(8)9(11)6-1-2-6/h3-6,9H,1-2,11H2. The number of halogens is 1. The van der Waals surface area contributed by atoms with Crippen molar-refractivity contribution in [3.05, 3.63) is 29.8 Å². The van der Waals surface area contributed by atoms with E-state index in [1.54, 1.807) is 12.3 Å². The number of aromatic nitrogens is 1. The van der Waals surface area contributed by atoms with Gasteiger partial charge < -0.3 is 5.73 Å². The van der Waals surface area contributed by atoms with Crippen LogP contribution < -0.4 is 5.73 Å². The lowest BCUT2D eigenvalue weighted by atomic mass is 10.0. The van der Waals surface area contributed by atoms with Gasteiger partial charge in [-0.1, -0.05) is 0 Å². The van der Waals surface area contributed by atoms with Crippen LogP contribution >= 0.6 is 0 Å². The molecule has 64 valence electrons. The molecule has 1 saturated carbocycles. The maximum atomic E-state index is 13.1. The molecular weight excluding hydrogens is 155 g/mol. The average Bonchev–Trinajstić information content (AvgIpc) is 2.86. The van der Waals surface area contributed by atoms with Crippen LogP contribution in [-0.2, 0) is 0 Å². The Labute approximate surface area is 70.6 Å². The molecule has 2 nitrogen and oxygen atoms in total. The number of pyridine rings is 1. The zero-order valence-corrected chi connectivity index (χ0v) is 6.70. The van der Waals surface area contributed by atoms with Gasteiger partial charge in [0.15, 0.2) is 0 Å². The van der Waals surface area contributed by atoms with Gasteiger partial charge in [0, 0.05) is 17.8 Å². The van der Waals surface area contributed by atoms with Crippen LogP contribution in [0.1, 0.15) is 24.4 Å². The van der Waals surface area contributed by atoms with Crippen molar-refractivity contribution >= 4 is 0 Å². The predicted molar refractivity (Wildman–Crippen MR) is 43.8 cm³/mol. The van der Waals surface area contributed by atoms with Crippen LogP contribution in [0, 0.1) is 11.7 Å². The van der Waals surface area contributed by atoms with Crippen LogP contribution in [0.15, 0.2) is 18.5 Å². The first-order chi connectivity index (χ1) is 5.79. The molecule has 1 aromatic rings. The molecule has 2 rings (SSSR count). The summed E-state index contributed by atoms with van der Waals surface area (Å²) in [4.78, 5) is 3.68. The van der Waals surface area contributed by atoms with Crippen molar-refractivity contribution in [2.45, 2.75) is 18.9 Å². The van der Waals surface area contributed by atoms with Crippen LogP contribution in [0.2, 0.25) is 0 Å². The Balaban J connectivity index is 2.25. The highest BCUT2D eigenvalue weighted by Crippen LogP contribution is 2.39. The molecule has 1 unspecified atom stereocenters. The highest BCUT2D eigenvalue weighted by atomic mass is 19.1. The van der Waals surface area contributed by atoms with Crippen LogP contribution in [0.3, 0.4) is 0 Å². The first-order valence-corrected chi connectivity index (χ1v) is 4.14. The molecule has 0 amide bonds. The van der Waals surface area contributed by atoms with E-state index in [2.05, 4.69) is 4.98 Å². The van der Waals surface area contributed by atoms with Crippen molar-refractivity contribution in [2.75, 3.05) is 0 Å². The van der Waals surface area contributed by atoms with Gasteiger partial charge in [0.2, 0.25) is 0 Å². The van der Waals surface area contributed by atoms with Gasteiger partial charge in [-0.15, -0.1) is 0 Å². The maximum absolute atomic E-state index is 13.1. The molecular formula is C9H11FN2. The van der Waals surface area contributed by atoms with E-state index >= 15 is 0 Å². The molecule has 0 bridgehead atoms. The van der Waals surface area contributed by atoms with E-state index in [1.807, 2.05) is 0 Å². The Morgan fingerprint density at radius 3 is 2.92 bits per heavy atom. The molecule has 0 aromatic carbocycles. The SMILES string of the molecule is NC(c1ccncc1F)C1CC1. The number of rotatable bonds is 2. The van der Waals surface area contributed by atoms with Gasteiger partial charge in [-0.3, -0.25) is 4.98 Å². The van der Waals surface area contributed by atoms with Gasteiger partial charge >= 0.3 is 0 Å². The monoisotopic (exact) mass is 166 g/mol. The van der Waals surface area contributed by atoms with Crippen molar-refractivity contribution in [1.82, 2.24) is 4.98 Å². The summed E-state index contributed by atoms with van der Waals surface area (Å²) in [5.41, 5.74) is 6.44. The maximum Gasteiger partial charge on any atom is 0.146 e. The molecule has 1 atom stereocenters. The second-order valence-corrected chi connectivity index (χ2v) is 3.26. The summed E-state index contributed by atoms with van der Waals surface area (Å²) in [6.07, 6.45) is 5.06. The number of nitrogens with zero attached hydrogens (tertiary/aromatic N) is 1. The van der Waals surface area contributed by atoms with Crippen molar-refractivity contribution in [3.8, 4) is 0 Å². The highest BCUT2D eigenvalue weighted by Gasteiger charge is 2.30. The van der Waals surface area contributed by atoms with E-state index < -0.39 is 0 Å². The zero-order chi connectivity index (χ0) is 8.55. The van der Waals surface area contributed by atoms with E-state index in [0.29, 0.717) is 11.5 Å². The van der Waals surface area contributed by atoms with E-state index in [4.69, 9.17) is 5.73 Å². The molecule has 2 N–H and O–H groups in total. The lowest BCUT2D eigenvalue weighted by Crippen LogP contribution is -2.14. The Hall–Kier alpha value is -0.960. The molecule has 0 aliphatic heterocycles. The summed E-state index contributed by atoms with van der Waals surface area (Å²) in [6, 6.07) is 1.53. The van der Waals surface area contributed by atoms with Gasteiger partial charge in [-0.2, -0.15) is 0 Å². The smallest absolute Gasteiger partial charge is 0.146 e. The minimum absolute atomic E-state index is 0.131. The normalized spacial score (nSPS) is 19.2. The largest absolute Gasteiger partial charge is 0.324 e. The number of hydrogen-bond acceptors (Lipinski definition) is 2. The quantitative estimate of drug-likeness (QED) is 0.725. The number of hydrogen-bond donors (Lipinski definition) is 1. The first-order valence-electron chi connectivity index (χ1n) is 4.14. The Morgan fingerprint density at radius 1 is 1.58 bits per heavy atom. The average molecular weight is 166 g/mol. The van der Waals surface area contributed by atoms with Crippen molar-refractivity contribution in [2.24, 2.45) is 11.7 Å². The molecule has 1 aliphatic carbocycles. The molecule has 3 heteroatoms. The summed E-state index contributed by atoms with van der Waals surface area (Å²) >= 11 is 0. The van der Waals surface area contributed by atoms with Gasteiger partial charge in [-0.25, -0.2) is 4.39 Å². The molecule has 1 fully saturated rings. The third kappa shape index (κ3) is 1.32. The Bertz CT molecular complexity index is 284. The first kappa shape index (κ1) is 7.68. The Morgan fingerprint density at radius 2 is 2.33 bits per heavy atom. The van der Waals surface area contributed by atoms with E-state index in [1.165, 1.54) is 6.20 Å². The lowest BCUT2D eigenvalue weighted by Gasteiger charge is -2.10. The lowest BCUT2D eigenvalue weighted by molar-refractivity contribution is 0.549. The van der Waals surface area contributed by atoms with Crippen molar-refractivity contribution < 1.29 is 4.39 Å². The molecule has 1 heterocycles. The van der Waals surface area contributed by atoms with Crippen LogP contribution in [0.4, 0.5) is 4.39 Å². The fourth-order valence-corrected chi connectivity index (χ4v) is 1.37. The van der Waals surface area contributed by atoms with E-state index in [-0.39, 0.29) is 11.9 Å². The fourth-order valence-electron chi connectivity index (χ4n) is 1.37. The highest BCUT2D eigenvalue weighted by molar-refractivity contribution is 5.19. The van der Waals surface area contributed by atoms with Gasteiger partial charge in [0.1, 0.15) is 5.82 Å². The fraction of sp³-hybridized carbons (Fsp3) is 0.444. The Kier molecular flexibility index (Phi) is 1.81. The zero-order valence-electron chi connectivity index (χ0n) is 6.70. The van der Waals surface area contributed by atoms with E-state index in [0.717, 1.165) is 12.8 Å². The molecule has 0 radical (unpaired) electrons. The topological polar surface area (TPSA) is 38.9 Å². The van der Waals surface area contributed by atoms with Crippen molar-refractivity contribution in [1.29, 1.82) is 0 Å². The van der Waals surface area contributed by atoms with Crippen molar-refractivity contribution in [3.63, 3.8) is 0 Å². The van der Waals surface area contributed by atoms with Crippen LogP contribution in [-0.4, -0.2) is 4.98 Å². The third-order valence-corrected chi connectivity index (χ3v) is 2.29. The molecule has 0 spiro atoms. The minimum Gasteiger partial charge on any atom is -0.324 e. The summed E-state index contributed by atoms with van der Waals surface area (Å²) in [5.74, 6) is 0.207. The molecule has 12 heavy (non-hydrogen) atoms. The molecule has 0 saturated heterocycles. The van der Waals surface area contributed by atoms with Gasteiger partial charge in [0.25, 0.3) is 0 Å². The minimum atomic E-state index is -0.281. The third-order valence-electron chi connectivity index (χ3n) is 2.29. The number of nitrogens with two attached hydrogens (primary N) is 1. The van der Waals surface area contributed by atoms with Gasteiger partial charge in [-0.05, 0) is 24.8 Å². The molecule has 1 aliphatic rings. The summed E-state index contributed by atoms with van der Waals surface area (Å²) in [7, 11) is 0. The van der Waals surface area contributed by atoms with Crippen LogP contribution in [0.25, 0.3) is 0 Å².